The number of hydrogen-bond acceptors (Lipinski definition) is 7. The van der Waals surface area contributed by atoms with Crippen LogP contribution in [-0.2, 0) is 30.1 Å². The molecule has 35 heavy (non-hydrogen) atoms. The van der Waals surface area contributed by atoms with Crippen molar-refractivity contribution in [3.05, 3.63) is 41.9 Å². The second-order valence-corrected chi connectivity index (χ2v) is 9.17. The molecule has 10 nitrogen and oxygen atoms in total. The predicted octanol–water partition coefficient (Wildman–Crippen LogP) is 3.96. The van der Waals surface area contributed by atoms with E-state index in [9.17, 15) is 18.0 Å². The lowest BCUT2D eigenvalue weighted by atomic mass is 9.64. The summed E-state index contributed by atoms with van der Waals surface area (Å²) in [6.07, 6.45) is -1.17. The first kappa shape index (κ1) is 23.3. The predicted molar refractivity (Wildman–Crippen MR) is 116 cm³/mol. The number of urea groups is 1. The van der Waals surface area contributed by atoms with Gasteiger partial charge < -0.3 is 19.4 Å². The van der Waals surface area contributed by atoms with E-state index in [4.69, 9.17) is 9.15 Å². The Morgan fingerprint density at radius 2 is 2.11 bits per heavy atom. The minimum Gasteiger partial charge on any atom is -0.420 e. The Kier molecular flexibility index (Phi) is 5.54. The molecule has 1 saturated carbocycles. The Bertz CT molecular complexity index is 1260. The van der Waals surface area contributed by atoms with Gasteiger partial charge in [0, 0.05) is 37.9 Å². The third-order valence-electron chi connectivity index (χ3n) is 6.53. The summed E-state index contributed by atoms with van der Waals surface area (Å²) < 4.78 is 53.0. The fourth-order valence-corrected chi connectivity index (χ4v) is 5.27. The van der Waals surface area contributed by atoms with Crippen LogP contribution in [0.2, 0.25) is 0 Å². The molecule has 1 N–H and O–H groups in total. The molecule has 3 heterocycles. The van der Waals surface area contributed by atoms with Gasteiger partial charge in [0.05, 0.1) is 5.56 Å². The van der Waals surface area contributed by atoms with Crippen molar-refractivity contribution < 1.29 is 27.1 Å². The topological polar surface area (TPSA) is 111 Å². The van der Waals surface area contributed by atoms with Gasteiger partial charge in [-0.25, -0.2) is 9.78 Å². The molecule has 2 fully saturated rings. The average Bonchev–Trinajstić information content (AvgIpc) is 3.42. The van der Waals surface area contributed by atoms with Gasteiger partial charge >= 0.3 is 12.2 Å². The summed E-state index contributed by atoms with van der Waals surface area (Å²) >= 11 is 0. The number of carbonyl (C=O) groups is 1. The first-order chi connectivity index (χ1) is 16.6. The number of aromatic nitrogens is 5. The number of ether oxygens (including phenoxy) is 1. The number of alkyl halides is 3. The van der Waals surface area contributed by atoms with Gasteiger partial charge in [0.15, 0.2) is 5.82 Å². The zero-order valence-electron chi connectivity index (χ0n) is 19.3. The summed E-state index contributed by atoms with van der Waals surface area (Å²) in [5.74, 6) is 0.907. The zero-order chi connectivity index (χ0) is 25.0. The van der Waals surface area contributed by atoms with Crippen LogP contribution < -0.4 is 5.32 Å². The molecular formula is C22H24F3N7O3. The van der Waals surface area contributed by atoms with Crippen molar-refractivity contribution in [3.8, 4) is 11.4 Å². The van der Waals surface area contributed by atoms with Crippen LogP contribution in [0.25, 0.3) is 11.4 Å². The van der Waals surface area contributed by atoms with Gasteiger partial charge in [-0.2, -0.15) is 18.3 Å². The molecule has 2 aliphatic rings. The number of nitrogens with one attached hydrogen (secondary N) is 1. The van der Waals surface area contributed by atoms with Crippen molar-refractivity contribution in [1.29, 1.82) is 0 Å². The van der Waals surface area contributed by atoms with Gasteiger partial charge in [-0.3, -0.25) is 4.68 Å². The summed E-state index contributed by atoms with van der Waals surface area (Å²) in [5, 5.41) is 14.9. The minimum absolute atomic E-state index is 0.0390. The minimum atomic E-state index is -4.61. The molecule has 5 rings (SSSR count). The molecule has 2 bridgehead atoms. The third-order valence-corrected chi connectivity index (χ3v) is 6.53. The highest BCUT2D eigenvalue weighted by atomic mass is 19.4. The smallest absolute Gasteiger partial charge is 0.417 e. The maximum atomic E-state index is 13.6. The molecule has 2 aromatic heterocycles. The molecule has 2 amide bonds. The van der Waals surface area contributed by atoms with Crippen LogP contribution in [0.4, 0.5) is 23.7 Å². The maximum absolute atomic E-state index is 13.6. The molecule has 3 atom stereocenters. The summed E-state index contributed by atoms with van der Waals surface area (Å²) in [6.45, 7) is 2.26. The van der Waals surface area contributed by atoms with E-state index < -0.39 is 23.3 Å². The first-order valence-electron chi connectivity index (χ1n) is 11.1. The van der Waals surface area contributed by atoms with E-state index in [1.165, 1.54) is 30.3 Å². The standard InChI is InChI=1S/C22H24F3N7O3/c1-12-6-14-9-21(8-12,19-29-28-17(35-19)10-34-3)32(14)20(33)27-13-4-5-16(22(23,24)25)15(7-13)18-26-11-31(2)30-18/h4-5,7,11-12,14H,6,8-10H2,1-3H3,(H,27,33)/t12-,14-,21+/m1/s1. The summed E-state index contributed by atoms with van der Waals surface area (Å²) in [4.78, 5) is 19.0. The summed E-state index contributed by atoms with van der Waals surface area (Å²) in [7, 11) is 3.08. The van der Waals surface area contributed by atoms with E-state index in [1.807, 2.05) is 0 Å². The van der Waals surface area contributed by atoms with E-state index in [0.717, 1.165) is 12.5 Å². The van der Waals surface area contributed by atoms with E-state index in [1.54, 1.807) is 11.9 Å². The Balaban J connectivity index is 1.45. The summed E-state index contributed by atoms with van der Waals surface area (Å²) in [6, 6.07) is 2.90. The van der Waals surface area contributed by atoms with Crippen LogP contribution >= 0.6 is 0 Å². The summed E-state index contributed by atoms with van der Waals surface area (Å²) in [5.41, 5.74) is -1.67. The zero-order valence-corrected chi connectivity index (χ0v) is 19.3. The van der Waals surface area contributed by atoms with Gasteiger partial charge in [-0.15, -0.1) is 10.2 Å². The number of hydrogen-bond donors (Lipinski definition) is 1. The molecule has 1 aliphatic heterocycles. The lowest BCUT2D eigenvalue weighted by molar-refractivity contribution is -0.137. The molecule has 3 aromatic rings. The molecule has 0 spiro atoms. The largest absolute Gasteiger partial charge is 0.420 e. The van der Waals surface area contributed by atoms with Crippen LogP contribution in [0.5, 0.6) is 0 Å². The number of halogens is 3. The van der Waals surface area contributed by atoms with Crippen LogP contribution in [0.15, 0.2) is 28.9 Å². The quantitative estimate of drug-likeness (QED) is 0.575. The second-order valence-electron chi connectivity index (χ2n) is 9.17. The number of aryl methyl sites for hydroxylation is 1. The first-order valence-corrected chi connectivity index (χ1v) is 11.1. The van der Waals surface area contributed by atoms with Gasteiger partial charge in [0.1, 0.15) is 18.5 Å². The highest BCUT2D eigenvalue weighted by molar-refractivity contribution is 5.92. The SMILES string of the molecule is COCc1nnc([C@]23C[C@H](C)C[C@H](C2)N3C(=O)Nc2ccc(C(F)(F)F)c(-c3ncn(C)n3)c2)o1. The highest BCUT2D eigenvalue weighted by Crippen LogP contribution is 2.55. The lowest BCUT2D eigenvalue weighted by Crippen LogP contribution is -2.70. The fourth-order valence-electron chi connectivity index (χ4n) is 5.27. The number of likely N-dealkylation sites (tertiary alicyclic amines) is 1. The second kappa shape index (κ2) is 8.33. The van der Waals surface area contributed by atoms with Gasteiger partial charge in [-0.05, 0) is 37.0 Å². The highest BCUT2D eigenvalue weighted by Gasteiger charge is 2.62. The number of amides is 2. The number of anilines is 1. The molecule has 13 heteroatoms. The monoisotopic (exact) mass is 491 g/mol. The van der Waals surface area contributed by atoms with Crippen molar-refractivity contribution in [2.75, 3.05) is 12.4 Å². The fraction of sp³-hybridized carbons (Fsp3) is 0.500. The number of piperidine rings is 1. The van der Waals surface area contributed by atoms with Gasteiger partial charge in [0.25, 0.3) is 0 Å². The van der Waals surface area contributed by atoms with Crippen molar-refractivity contribution in [3.63, 3.8) is 0 Å². The number of benzene rings is 1. The van der Waals surface area contributed by atoms with Gasteiger partial charge in [0.2, 0.25) is 11.8 Å². The van der Waals surface area contributed by atoms with Crippen LogP contribution in [0.1, 0.15) is 43.5 Å². The van der Waals surface area contributed by atoms with Crippen LogP contribution in [0, 0.1) is 5.92 Å². The van der Waals surface area contributed by atoms with E-state index in [-0.39, 0.29) is 29.7 Å². The number of nitrogens with zero attached hydrogens (tertiary/aromatic N) is 6. The van der Waals surface area contributed by atoms with Crippen molar-refractivity contribution >= 4 is 11.7 Å². The normalized spacial score (nSPS) is 23.8. The lowest BCUT2D eigenvalue weighted by Gasteiger charge is -2.61. The van der Waals surface area contributed by atoms with Crippen LogP contribution in [-0.4, -0.2) is 49.0 Å². The molecule has 0 unspecified atom stereocenters. The Hall–Kier alpha value is -3.48. The Labute approximate surface area is 198 Å². The van der Waals surface area contributed by atoms with Crippen molar-refractivity contribution in [2.45, 2.75) is 50.6 Å². The molecule has 1 aromatic carbocycles. The van der Waals surface area contributed by atoms with Crippen molar-refractivity contribution in [1.82, 2.24) is 29.9 Å². The van der Waals surface area contributed by atoms with E-state index >= 15 is 0 Å². The van der Waals surface area contributed by atoms with E-state index in [2.05, 4.69) is 32.5 Å². The maximum Gasteiger partial charge on any atom is 0.417 e. The average molecular weight is 491 g/mol. The van der Waals surface area contributed by atoms with Crippen LogP contribution in [0.3, 0.4) is 0 Å². The van der Waals surface area contributed by atoms with Gasteiger partial charge in [-0.1, -0.05) is 6.92 Å². The molecular weight excluding hydrogens is 467 g/mol. The molecule has 1 aliphatic carbocycles. The molecule has 0 radical (unpaired) electrons. The third kappa shape index (κ3) is 4.03. The Morgan fingerprint density at radius 3 is 2.80 bits per heavy atom. The molecule has 186 valence electrons. The number of rotatable bonds is 5. The number of carbonyl (C=O) groups excluding carboxylic acids is 1. The van der Waals surface area contributed by atoms with Crippen molar-refractivity contribution in [2.24, 2.45) is 13.0 Å². The molecule has 1 saturated heterocycles. The Morgan fingerprint density at radius 1 is 1.31 bits per heavy atom. The number of fused-ring (bicyclic) bond motifs is 2. The number of methoxy groups -OCH3 is 1. The van der Waals surface area contributed by atoms with E-state index in [0.29, 0.717) is 30.5 Å².